The van der Waals surface area contributed by atoms with E-state index in [0.717, 1.165) is 22.5 Å². The zero-order valence-corrected chi connectivity index (χ0v) is 18.0. The summed E-state index contributed by atoms with van der Waals surface area (Å²) in [6.45, 7) is 5.09. The highest BCUT2D eigenvalue weighted by atomic mass is 16.3. The third kappa shape index (κ3) is 5.13. The zero-order valence-electron chi connectivity index (χ0n) is 18.0. The van der Waals surface area contributed by atoms with Crippen molar-refractivity contribution in [3.8, 4) is 0 Å². The molecule has 32 heavy (non-hydrogen) atoms. The lowest BCUT2D eigenvalue weighted by molar-refractivity contribution is 0.0949. The van der Waals surface area contributed by atoms with Gasteiger partial charge in [-0.3, -0.25) is 14.3 Å². The van der Waals surface area contributed by atoms with E-state index in [0.29, 0.717) is 24.3 Å². The first-order chi connectivity index (χ1) is 15.5. The van der Waals surface area contributed by atoms with Crippen molar-refractivity contribution in [3.05, 3.63) is 107 Å². The molecular formula is C25H24N4O3. The maximum absolute atomic E-state index is 12.7. The van der Waals surface area contributed by atoms with Crippen molar-refractivity contribution in [3.63, 3.8) is 0 Å². The molecule has 0 aliphatic carbocycles. The predicted molar refractivity (Wildman–Crippen MR) is 122 cm³/mol. The third-order valence-electron chi connectivity index (χ3n) is 5.01. The highest BCUT2D eigenvalue weighted by Crippen LogP contribution is 2.14. The smallest absolute Gasteiger partial charge is 0.291 e. The Morgan fingerprint density at radius 1 is 0.938 bits per heavy atom. The van der Waals surface area contributed by atoms with Gasteiger partial charge in [0.2, 0.25) is 0 Å². The van der Waals surface area contributed by atoms with Crippen molar-refractivity contribution < 1.29 is 14.0 Å². The Hall–Kier alpha value is -4.13. The number of nitrogens with one attached hydrogen (secondary N) is 2. The van der Waals surface area contributed by atoms with Crippen LogP contribution >= 0.6 is 0 Å². The third-order valence-corrected chi connectivity index (χ3v) is 5.01. The Kier molecular flexibility index (Phi) is 6.17. The van der Waals surface area contributed by atoms with Crippen LogP contribution in [-0.2, 0) is 13.1 Å². The molecule has 0 radical (unpaired) electrons. The molecule has 2 amide bonds. The molecule has 162 valence electrons. The molecule has 0 saturated carbocycles. The maximum atomic E-state index is 12.7. The van der Waals surface area contributed by atoms with Gasteiger partial charge >= 0.3 is 0 Å². The Labute approximate surface area is 186 Å². The summed E-state index contributed by atoms with van der Waals surface area (Å²) in [5, 5.41) is 10.2. The number of aromatic nitrogens is 2. The van der Waals surface area contributed by atoms with Crippen LogP contribution in [0.4, 0.5) is 5.69 Å². The molecule has 2 N–H and O–H groups in total. The van der Waals surface area contributed by atoms with Gasteiger partial charge in [0.1, 0.15) is 0 Å². The van der Waals surface area contributed by atoms with Crippen molar-refractivity contribution in [2.45, 2.75) is 26.9 Å². The van der Waals surface area contributed by atoms with E-state index in [4.69, 9.17) is 4.42 Å². The first-order valence-electron chi connectivity index (χ1n) is 10.3. The quantitative estimate of drug-likeness (QED) is 0.459. The number of amides is 2. The number of benzene rings is 2. The van der Waals surface area contributed by atoms with Crippen LogP contribution < -0.4 is 10.6 Å². The van der Waals surface area contributed by atoms with Crippen LogP contribution in [-0.4, -0.2) is 21.6 Å². The Morgan fingerprint density at radius 3 is 2.50 bits per heavy atom. The Balaban J connectivity index is 1.37. The van der Waals surface area contributed by atoms with Gasteiger partial charge in [-0.05, 0) is 61.4 Å². The van der Waals surface area contributed by atoms with Crippen molar-refractivity contribution in [2.75, 3.05) is 5.32 Å². The molecule has 2 heterocycles. The molecule has 4 rings (SSSR count). The largest absolute Gasteiger partial charge is 0.459 e. The van der Waals surface area contributed by atoms with Gasteiger partial charge in [0.15, 0.2) is 5.76 Å². The Morgan fingerprint density at radius 2 is 1.75 bits per heavy atom. The fraction of sp³-hybridized carbons (Fsp3) is 0.160. The fourth-order valence-corrected chi connectivity index (χ4v) is 3.47. The van der Waals surface area contributed by atoms with Crippen molar-refractivity contribution >= 4 is 17.5 Å². The van der Waals surface area contributed by atoms with Crippen LogP contribution in [0.1, 0.15) is 43.4 Å². The van der Waals surface area contributed by atoms with E-state index in [2.05, 4.69) is 27.9 Å². The lowest BCUT2D eigenvalue weighted by atomic mass is 10.1. The number of carbonyl (C=O) groups excluding carboxylic acids is 2. The molecule has 2 aromatic carbocycles. The first-order valence-corrected chi connectivity index (χ1v) is 10.3. The minimum Gasteiger partial charge on any atom is -0.459 e. The number of hydrogen-bond donors (Lipinski definition) is 2. The summed E-state index contributed by atoms with van der Waals surface area (Å²) in [4.78, 5) is 24.8. The highest BCUT2D eigenvalue weighted by molar-refractivity contribution is 6.03. The average molecular weight is 428 g/mol. The standard InChI is InChI=1S/C25H24N4O3/c1-17-12-18(2)29(28-17)16-20-7-3-6-19(13-20)15-26-24(30)21-8-4-9-22(14-21)27-25(31)23-10-5-11-32-23/h3-14H,15-16H2,1-2H3,(H,26,30)(H,27,31). The van der Waals surface area contributed by atoms with Gasteiger partial charge in [-0.2, -0.15) is 5.10 Å². The fourth-order valence-electron chi connectivity index (χ4n) is 3.47. The molecule has 7 heteroatoms. The van der Waals surface area contributed by atoms with E-state index in [1.807, 2.05) is 36.7 Å². The van der Waals surface area contributed by atoms with Crippen molar-refractivity contribution in [1.82, 2.24) is 15.1 Å². The zero-order chi connectivity index (χ0) is 22.5. The lowest BCUT2D eigenvalue weighted by Gasteiger charge is -2.10. The molecule has 2 aromatic heterocycles. The molecule has 0 atom stereocenters. The summed E-state index contributed by atoms with van der Waals surface area (Å²) in [7, 11) is 0. The summed E-state index contributed by atoms with van der Waals surface area (Å²) in [6.07, 6.45) is 1.44. The van der Waals surface area contributed by atoms with E-state index in [1.165, 1.54) is 6.26 Å². The summed E-state index contributed by atoms with van der Waals surface area (Å²) in [5.74, 6) is -0.379. The molecule has 0 aliphatic heterocycles. The second-order valence-electron chi connectivity index (χ2n) is 7.60. The van der Waals surface area contributed by atoms with Gasteiger partial charge < -0.3 is 15.1 Å². The number of aryl methyl sites for hydroxylation is 2. The second-order valence-corrected chi connectivity index (χ2v) is 7.60. The molecular weight excluding hydrogens is 404 g/mol. The van der Waals surface area contributed by atoms with Crippen LogP contribution in [0.3, 0.4) is 0 Å². The first kappa shape index (κ1) is 21.1. The van der Waals surface area contributed by atoms with Crippen molar-refractivity contribution in [1.29, 1.82) is 0 Å². The Bertz CT molecular complexity index is 1240. The SMILES string of the molecule is Cc1cc(C)n(Cc2cccc(CNC(=O)c3cccc(NC(=O)c4ccco4)c3)c2)n1. The van der Waals surface area contributed by atoms with E-state index in [1.54, 1.807) is 36.4 Å². The summed E-state index contributed by atoms with van der Waals surface area (Å²) in [6, 6.07) is 20.1. The molecule has 0 aliphatic rings. The van der Waals surface area contributed by atoms with Gasteiger partial charge in [0.05, 0.1) is 18.5 Å². The number of hydrogen-bond acceptors (Lipinski definition) is 4. The summed E-state index contributed by atoms with van der Waals surface area (Å²) in [5.41, 5.74) is 5.20. The predicted octanol–water partition coefficient (Wildman–Crippen LogP) is 4.32. The summed E-state index contributed by atoms with van der Waals surface area (Å²) < 4.78 is 7.06. The normalized spacial score (nSPS) is 10.7. The van der Waals surface area contributed by atoms with Crippen LogP contribution in [0.15, 0.2) is 77.4 Å². The van der Waals surface area contributed by atoms with Gasteiger partial charge in [-0.15, -0.1) is 0 Å². The molecule has 0 saturated heterocycles. The minimum atomic E-state index is -0.369. The van der Waals surface area contributed by atoms with E-state index in [-0.39, 0.29) is 17.6 Å². The van der Waals surface area contributed by atoms with Crippen LogP contribution in [0, 0.1) is 13.8 Å². The monoisotopic (exact) mass is 428 g/mol. The number of rotatable bonds is 7. The van der Waals surface area contributed by atoms with Gasteiger partial charge in [0.25, 0.3) is 11.8 Å². The van der Waals surface area contributed by atoms with Crippen LogP contribution in [0.25, 0.3) is 0 Å². The molecule has 7 nitrogen and oxygen atoms in total. The maximum Gasteiger partial charge on any atom is 0.291 e. The number of anilines is 1. The van der Waals surface area contributed by atoms with E-state index >= 15 is 0 Å². The lowest BCUT2D eigenvalue weighted by Crippen LogP contribution is -2.23. The highest BCUT2D eigenvalue weighted by Gasteiger charge is 2.11. The second kappa shape index (κ2) is 9.34. The van der Waals surface area contributed by atoms with Crippen molar-refractivity contribution in [2.24, 2.45) is 0 Å². The molecule has 4 aromatic rings. The van der Waals surface area contributed by atoms with Gasteiger partial charge in [-0.25, -0.2) is 0 Å². The topological polar surface area (TPSA) is 89.2 Å². The number of carbonyl (C=O) groups is 2. The van der Waals surface area contributed by atoms with E-state index < -0.39 is 0 Å². The molecule has 0 fully saturated rings. The van der Waals surface area contributed by atoms with Crippen LogP contribution in [0.2, 0.25) is 0 Å². The van der Waals surface area contributed by atoms with Gasteiger partial charge in [-0.1, -0.05) is 30.3 Å². The van der Waals surface area contributed by atoms with Crippen LogP contribution in [0.5, 0.6) is 0 Å². The molecule has 0 spiro atoms. The average Bonchev–Trinajstić information content (AvgIpc) is 3.42. The number of nitrogens with zero attached hydrogens (tertiary/aromatic N) is 2. The number of furan rings is 1. The summed E-state index contributed by atoms with van der Waals surface area (Å²) >= 11 is 0. The molecule has 0 unspecified atom stereocenters. The van der Waals surface area contributed by atoms with Gasteiger partial charge in [0, 0.05) is 23.5 Å². The minimum absolute atomic E-state index is 0.209. The van der Waals surface area contributed by atoms with E-state index in [9.17, 15) is 9.59 Å². The molecule has 0 bridgehead atoms.